The predicted octanol–water partition coefficient (Wildman–Crippen LogP) is 2.62. The van der Waals surface area contributed by atoms with E-state index in [0.29, 0.717) is 0 Å². The van der Waals surface area contributed by atoms with Crippen molar-refractivity contribution < 1.29 is 4.79 Å². The van der Waals surface area contributed by atoms with Crippen LogP contribution in [0.2, 0.25) is 0 Å². The Labute approximate surface area is 93.0 Å². The maximum Gasteiger partial charge on any atom is 0.127 e. The van der Waals surface area contributed by atoms with Crippen molar-refractivity contribution in [3.8, 4) is 0 Å². The van der Waals surface area contributed by atoms with Gasteiger partial charge < -0.3 is 9.69 Å². The molecule has 0 bridgehead atoms. The van der Waals surface area contributed by atoms with Crippen LogP contribution < -0.4 is 0 Å². The Morgan fingerprint density at radius 1 is 0.933 bits per heavy atom. The largest absolute Gasteiger partial charge is 0.303 e. The van der Waals surface area contributed by atoms with Crippen LogP contribution in [-0.4, -0.2) is 30.8 Å². The van der Waals surface area contributed by atoms with Crippen molar-refractivity contribution in [3.05, 3.63) is 0 Å². The highest BCUT2D eigenvalue weighted by molar-refractivity contribution is 5.60. The summed E-state index contributed by atoms with van der Waals surface area (Å²) in [7, 11) is 0. The van der Waals surface area contributed by atoms with Gasteiger partial charge in [0.15, 0.2) is 0 Å². The van der Waals surface area contributed by atoms with Crippen molar-refractivity contribution in [1.29, 1.82) is 0 Å². The third kappa shape index (κ3) is 2.81. The Balaban J connectivity index is 1.90. The Hall–Kier alpha value is -0.370. The van der Waals surface area contributed by atoms with E-state index in [1.54, 1.807) is 0 Å². The fourth-order valence-corrected chi connectivity index (χ4v) is 3.13. The molecule has 0 atom stereocenters. The molecule has 2 fully saturated rings. The summed E-state index contributed by atoms with van der Waals surface area (Å²) in [4.78, 5) is 13.8. The smallest absolute Gasteiger partial charge is 0.127 e. The van der Waals surface area contributed by atoms with Crippen LogP contribution in [0.3, 0.4) is 0 Å². The summed E-state index contributed by atoms with van der Waals surface area (Å²) in [6.45, 7) is 3.47. The van der Waals surface area contributed by atoms with Crippen molar-refractivity contribution in [2.24, 2.45) is 5.41 Å². The Bertz CT molecular complexity index is 201. The van der Waals surface area contributed by atoms with Crippen molar-refractivity contribution in [2.45, 2.75) is 51.4 Å². The zero-order valence-corrected chi connectivity index (χ0v) is 9.71. The van der Waals surface area contributed by atoms with Crippen molar-refractivity contribution in [3.63, 3.8) is 0 Å². The van der Waals surface area contributed by atoms with Crippen molar-refractivity contribution in [2.75, 3.05) is 19.6 Å². The van der Waals surface area contributed by atoms with E-state index in [2.05, 4.69) is 4.90 Å². The first-order valence-corrected chi connectivity index (χ1v) is 6.53. The fourth-order valence-electron chi connectivity index (χ4n) is 3.13. The van der Waals surface area contributed by atoms with E-state index in [4.69, 9.17) is 0 Å². The number of rotatable bonds is 3. The second-order valence-electron chi connectivity index (χ2n) is 5.38. The molecule has 2 rings (SSSR count). The summed E-state index contributed by atoms with van der Waals surface area (Å²) in [5.41, 5.74) is 0.0321. The van der Waals surface area contributed by atoms with Crippen LogP contribution in [0.25, 0.3) is 0 Å². The molecule has 0 radical (unpaired) electrons. The van der Waals surface area contributed by atoms with Gasteiger partial charge in [0.2, 0.25) is 0 Å². The minimum atomic E-state index is 0.0321. The van der Waals surface area contributed by atoms with Crippen molar-refractivity contribution >= 4 is 6.29 Å². The standard InChI is InChI=1S/C13H23NO/c15-12-13(7-3-4-8-13)11-14-9-5-1-2-6-10-14/h12H,1-11H2. The Morgan fingerprint density at radius 2 is 1.53 bits per heavy atom. The van der Waals surface area contributed by atoms with E-state index in [9.17, 15) is 4.79 Å². The van der Waals surface area contributed by atoms with Gasteiger partial charge in [-0.25, -0.2) is 0 Å². The van der Waals surface area contributed by atoms with E-state index in [1.165, 1.54) is 57.9 Å². The van der Waals surface area contributed by atoms with E-state index < -0.39 is 0 Å². The lowest BCUT2D eigenvalue weighted by Crippen LogP contribution is -2.37. The third-order valence-electron chi connectivity index (χ3n) is 4.09. The molecule has 0 aromatic rings. The number of aldehydes is 1. The van der Waals surface area contributed by atoms with Gasteiger partial charge in [-0.2, -0.15) is 0 Å². The molecule has 1 aliphatic carbocycles. The number of carbonyl (C=O) groups is 1. The highest BCUT2D eigenvalue weighted by atomic mass is 16.1. The lowest BCUT2D eigenvalue weighted by molar-refractivity contribution is -0.117. The molecule has 2 heteroatoms. The predicted molar refractivity (Wildman–Crippen MR) is 61.9 cm³/mol. The SMILES string of the molecule is O=CC1(CN2CCCCCC2)CCCC1. The third-order valence-corrected chi connectivity index (χ3v) is 4.09. The van der Waals surface area contributed by atoms with Crippen LogP contribution >= 0.6 is 0 Å². The average molecular weight is 209 g/mol. The highest BCUT2D eigenvalue weighted by Gasteiger charge is 2.35. The molecule has 0 N–H and O–H groups in total. The van der Waals surface area contributed by atoms with Crippen LogP contribution in [0.5, 0.6) is 0 Å². The number of hydrogen-bond donors (Lipinski definition) is 0. The molecule has 2 aliphatic rings. The lowest BCUT2D eigenvalue weighted by atomic mass is 9.87. The number of likely N-dealkylation sites (tertiary alicyclic amines) is 1. The Kier molecular flexibility index (Phi) is 3.79. The maximum atomic E-state index is 11.3. The van der Waals surface area contributed by atoms with Crippen LogP contribution in [0, 0.1) is 5.41 Å². The fraction of sp³-hybridized carbons (Fsp3) is 0.923. The zero-order valence-electron chi connectivity index (χ0n) is 9.71. The molecule has 0 unspecified atom stereocenters. The molecule has 0 aromatic carbocycles. The summed E-state index contributed by atoms with van der Waals surface area (Å²) in [5.74, 6) is 0. The molecular formula is C13H23NO. The highest BCUT2D eigenvalue weighted by Crippen LogP contribution is 2.37. The van der Waals surface area contributed by atoms with Crippen LogP contribution in [-0.2, 0) is 4.79 Å². The molecular weight excluding hydrogens is 186 g/mol. The summed E-state index contributed by atoms with van der Waals surface area (Å²) in [6, 6.07) is 0. The van der Waals surface area contributed by atoms with Gasteiger partial charge in [-0.15, -0.1) is 0 Å². The summed E-state index contributed by atoms with van der Waals surface area (Å²) >= 11 is 0. The number of hydrogen-bond acceptors (Lipinski definition) is 2. The van der Waals surface area contributed by atoms with Gasteiger partial charge >= 0.3 is 0 Å². The molecule has 15 heavy (non-hydrogen) atoms. The summed E-state index contributed by atoms with van der Waals surface area (Å²) < 4.78 is 0. The van der Waals surface area contributed by atoms with Crippen LogP contribution in [0.15, 0.2) is 0 Å². The maximum absolute atomic E-state index is 11.3. The lowest BCUT2D eigenvalue weighted by Gasteiger charge is -2.30. The van der Waals surface area contributed by atoms with E-state index in [0.717, 1.165) is 19.4 Å². The van der Waals surface area contributed by atoms with Gasteiger partial charge in [0.05, 0.1) is 0 Å². The number of nitrogens with zero attached hydrogens (tertiary/aromatic N) is 1. The average Bonchev–Trinajstić information content (AvgIpc) is 2.57. The van der Waals surface area contributed by atoms with Gasteiger partial charge in [0, 0.05) is 12.0 Å². The quantitative estimate of drug-likeness (QED) is 0.666. The minimum absolute atomic E-state index is 0.0321. The molecule has 1 heterocycles. The molecule has 86 valence electrons. The second kappa shape index (κ2) is 5.11. The van der Waals surface area contributed by atoms with Gasteiger partial charge in [0.1, 0.15) is 6.29 Å². The summed E-state index contributed by atoms with van der Waals surface area (Å²) in [6.07, 6.45) is 11.4. The first-order valence-electron chi connectivity index (χ1n) is 6.53. The van der Waals surface area contributed by atoms with Crippen LogP contribution in [0.1, 0.15) is 51.4 Å². The monoisotopic (exact) mass is 209 g/mol. The van der Waals surface area contributed by atoms with Gasteiger partial charge in [-0.1, -0.05) is 25.7 Å². The van der Waals surface area contributed by atoms with E-state index >= 15 is 0 Å². The molecule has 0 aromatic heterocycles. The Morgan fingerprint density at radius 3 is 2.07 bits per heavy atom. The number of carbonyl (C=O) groups excluding carboxylic acids is 1. The zero-order chi connectivity index (χ0) is 10.6. The van der Waals surface area contributed by atoms with E-state index in [1.807, 2.05) is 0 Å². The molecule has 1 aliphatic heterocycles. The molecule has 0 amide bonds. The minimum Gasteiger partial charge on any atom is -0.303 e. The first-order chi connectivity index (χ1) is 7.35. The molecule has 2 nitrogen and oxygen atoms in total. The molecule has 1 saturated carbocycles. The van der Waals surface area contributed by atoms with Crippen LogP contribution in [0.4, 0.5) is 0 Å². The summed E-state index contributed by atoms with van der Waals surface area (Å²) in [5, 5.41) is 0. The normalized spacial score (nSPS) is 27.5. The van der Waals surface area contributed by atoms with Gasteiger partial charge in [0.25, 0.3) is 0 Å². The first kappa shape index (κ1) is 11.1. The molecule has 1 saturated heterocycles. The van der Waals surface area contributed by atoms with Gasteiger partial charge in [-0.3, -0.25) is 0 Å². The van der Waals surface area contributed by atoms with Crippen molar-refractivity contribution in [1.82, 2.24) is 4.90 Å². The second-order valence-corrected chi connectivity index (χ2v) is 5.38. The molecule has 0 spiro atoms. The van der Waals surface area contributed by atoms with E-state index in [-0.39, 0.29) is 5.41 Å². The topological polar surface area (TPSA) is 20.3 Å². The van der Waals surface area contributed by atoms with Gasteiger partial charge in [-0.05, 0) is 38.8 Å².